The third-order valence-electron chi connectivity index (χ3n) is 0. The summed E-state index contributed by atoms with van der Waals surface area (Å²) >= 11 is 0. The Morgan fingerprint density at radius 3 is 0.643 bits per heavy atom. The van der Waals surface area contributed by atoms with Gasteiger partial charge in [-0.1, -0.05) is 0 Å². The molecule has 8 nitrogen and oxygen atoms in total. The van der Waals surface area contributed by atoms with E-state index >= 15 is 0 Å². The van der Waals surface area contributed by atoms with Gasteiger partial charge in [0.25, 0.3) is 0 Å². The van der Waals surface area contributed by atoms with E-state index in [1.165, 1.54) is 0 Å². The molecule has 84 valence electrons. The van der Waals surface area contributed by atoms with Crippen molar-refractivity contribution in [3.8, 4) is 0 Å². The maximum atomic E-state index is 8.88. The van der Waals surface area contributed by atoms with Gasteiger partial charge < -0.3 is 37.9 Å². The molecule has 0 saturated carbocycles. The molecule has 0 unspecified atom stereocenters. The average Bonchev–Trinajstić information content (AvgIpc) is 1.12. The van der Waals surface area contributed by atoms with Crippen LogP contribution in [0.3, 0.4) is 0 Å². The second kappa shape index (κ2) is 17.5. The molecule has 0 saturated heterocycles. The van der Waals surface area contributed by atoms with Crippen molar-refractivity contribution in [3.05, 3.63) is 0 Å². The predicted octanol–water partition coefficient (Wildman–Crippen LogP) is -2.33. The molecule has 0 fully saturated rings. The van der Waals surface area contributed by atoms with Crippen LogP contribution in [0, 0.1) is 0 Å². The smallest absolute Gasteiger partial charge is 1.00 e. The first-order valence-corrected chi connectivity index (χ1v) is 4.70. The van der Waals surface area contributed by atoms with Gasteiger partial charge in [-0.05, 0) is 0 Å². The van der Waals surface area contributed by atoms with E-state index in [2.05, 4.69) is 0 Å². The van der Waals surface area contributed by atoms with Crippen LogP contribution in [0.4, 0.5) is 0 Å². The zero-order valence-electron chi connectivity index (χ0n) is 12.9. The quantitative estimate of drug-likeness (QED) is 0.203. The van der Waals surface area contributed by atoms with E-state index < -0.39 is 15.6 Å². The molecule has 0 spiro atoms. The third kappa shape index (κ3) is 195. The SMILES string of the molecule is O=P(O)(O)O.O=P(O)(O)O.[Ca+2].[Ca+2].[Ca+2].[Fe].[H-].[H-].[H-].[H-].[H-].[H-]. The summed E-state index contributed by atoms with van der Waals surface area (Å²) in [7, 11) is -9.28. The minimum Gasteiger partial charge on any atom is -1.00 e. The van der Waals surface area contributed by atoms with Gasteiger partial charge in [-0.15, -0.1) is 0 Å². The van der Waals surface area contributed by atoms with Crippen molar-refractivity contribution in [2.75, 3.05) is 0 Å². The number of hydrogen-bond acceptors (Lipinski definition) is 2. The number of phosphoric acid groups is 2. The van der Waals surface area contributed by atoms with Crippen LogP contribution in [0.1, 0.15) is 8.56 Å². The molecule has 0 aliphatic heterocycles. The molecule has 0 amide bonds. The molecule has 0 aromatic carbocycles. The maximum absolute atomic E-state index is 8.88. The minimum absolute atomic E-state index is 0. The largest absolute Gasteiger partial charge is 2.00 e. The van der Waals surface area contributed by atoms with Crippen LogP contribution >= 0.6 is 15.6 Å². The molecule has 14 heavy (non-hydrogen) atoms. The summed E-state index contributed by atoms with van der Waals surface area (Å²) < 4.78 is 17.8. The molecule has 0 aromatic heterocycles. The number of rotatable bonds is 0. The van der Waals surface area contributed by atoms with Crippen molar-refractivity contribution in [3.63, 3.8) is 0 Å². The Labute approximate surface area is 189 Å². The first-order valence-electron chi connectivity index (χ1n) is 1.57. The summed E-state index contributed by atoms with van der Waals surface area (Å²) in [4.78, 5) is 43.1. The van der Waals surface area contributed by atoms with Crippen LogP contribution in [0.2, 0.25) is 0 Å². The predicted molar refractivity (Wildman–Crippen MR) is 52.5 cm³/mol. The van der Waals surface area contributed by atoms with Gasteiger partial charge in [-0.2, -0.15) is 0 Å². The van der Waals surface area contributed by atoms with Gasteiger partial charge in [0.2, 0.25) is 0 Å². The zero-order chi connectivity index (χ0) is 9.00. The van der Waals surface area contributed by atoms with E-state index in [1.54, 1.807) is 0 Å². The van der Waals surface area contributed by atoms with Crippen LogP contribution in [-0.2, 0) is 26.2 Å². The molecule has 0 radical (unpaired) electrons. The number of hydrogen-bond donors (Lipinski definition) is 6. The Morgan fingerprint density at radius 1 is 0.643 bits per heavy atom. The molecule has 0 rings (SSSR count). The van der Waals surface area contributed by atoms with Crippen LogP contribution in [0.5, 0.6) is 0 Å². The van der Waals surface area contributed by atoms with E-state index in [1.807, 2.05) is 0 Å². The van der Waals surface area contributed by atoms with Gasteiger partial charge in [-0.3, -0.25) is 0 Å². The molecule has 0 aromatic rings. The van der Waals surface area contributed by atoms with Crippen molar-refractivity contribution in [1.29, 1.82) is 0 Å². The fourth-order valence-corrected chi connectivity index (χ4v) is 0. The van der Waals surface area contributed by atoms with E-state index in [0.717, 1.165) is 0 Å². The molecule has 0 heterocycles. The summed E-state index contributed by atoms with van der Waals surface area (Å²) in [5.74, 6) is 0. The standard InChI is InChI=1S/3Ca.Fe.2H3O4P.6H/c;;;;2*1-5(2,3)4;;;;;;/h;;;;2*(H3,1,2,3,4);;;;;;/q3*+2;;;;6*-1. The molecule has 0 atom stereocenters. The van der Waals surface area contributed by atoms with E-state index in [0.29, 0.717) is 0 Å². The molecule has 6 N–H and O–H groups in total. The molecule has 0 aliphatic carbocycles. The van der Waals surface area contributed by atoms with Crippen molar-refractivity contribution in [2.24, 2.45) is 0 Å². The zero-order valence-corrected chi connectivity index (χ0v) is 16.4. The normalized spacial score (nSPS) is 8.43. The topological polar surface area (TPSA) is 156 Å². The monoisotopic (exact) mass is 378 g/mol. The Morgan fingerprint density at radius 2 is 0.643 bits per heavy atom. The van der Waals surface area contributed by atoms with Gasteiger partial charge in [-0.25, -0.2) is 9.13 Å². The first kappa shape index (κ1) is 36.3. The molecular weight excluding hydrogens is 366 g/mol. The van der Waals surface area contributed by atoms with Crippen molar-refractivity contribution in [2.45, 2.75) is 0 Å². The van der Waals surface area contributed by atoms with E-state index in [-0.39, 0.29) is 139 Å². The Balaban J connectivity index is -0.00000000427. The molecule has 0 aliphatic rings. The maximum Gasteiger partial charge on any atom is 2.00 e. The van der Waals surface area contributed by atoms with Gasteiger partial charge >= 0.3 is 129 Å². The average molecular weight is 378 g/mol. The van der Waals surface area contributed by atoms with Gasteiger partial charge in [0.1, 0.15) is 0 Å². The van der Waals surface area contributed by atoms with Crippen LogP contribution < -0.4 is 0 Å². The van der Waals surface area contributed by atoms with E-state index in [4.69, 9.17) is 38.5 Å². The first-order chi connectivity index (χ1) is 4.00. The fraction of sp³-hybridized carbons (Fsp3) is 0. The summed E-state index contributed by atoms with van der Waals surface area (Å²) in [6, 6.07) is 0. The Hall–Kier alpha value is 4.52. The molecular formula is H12Ca3FeO8P2. The second-order valence-electron chi connectivity index (χ2n) is 1.03. The van der Waals surface area contributed by atoms with Crippen LogP contribution in [0.15, 0.2) is 0 Å². The van der Waals surface area contributed by atoms with Gasteiger partial charge in [0.15, 0.2) is 0 Å². The molecule has 0 bridgehead atoms. The van der Waals surface area contributed by atoms with Crippen LogP contribution in [-0.4, -0.2) is 143 Å². The van der Waals surface area contributed by atoms with Crippen molar-refractivity contribution >= 4 is 129 Å². The summed E-state index contributed by atoms with van der Waals surface area (Å²) in [5.41, 5.74) is 0. The van der Waals surface area contributed by atoms with E-state index in [9.17, 15) is 0 Å². The fourth-order valence-electron chi connectivity index (χ4n) is 0. The summed E-state index contributed by atoms with van der Waals surface area (Å²) in [6.45, 7) is 0. The summed E-state index contributed by atoms with van der Waals surface area (Å²) in [5, 5.41) is 0. The second-order valence-corrected chi connectivity index (χ2v) is 3.08. The van der Waals surface area contributed by atoms with Crippen molar-refractivity contribution < 1.29 is 64.1 Å². The third-order valence-corrected chi connectivity index (χ3v) is 0. The van der Waals surface area contributed by atoms with Gasteiger partial charge in [0, 0.05) is 17.1 Å². The van der Waals surface area contributed by atoms with Crippen LogP contribution in [0.25, 0.3) is 0 Å². The summed E-state index contributed by atoms with van der Waals surface area (Å²) in [6.07, 6.45) is 0. The van der Waals surface area contributed by atoms with Crippen molar-refractivity contribution in [1.82, 2.24) is 0 Å². The minimum atomic E-state index is -4.64. The van der Waals surface area contributed by atoms with Gasteiger partial charge in [0.05, 0.1) is 0 Å². The Bertz CT molecular complexity index is 153. The Kier molecular flexibility index (Phi) is 45.4. The molecule has 14 heteroatoms.